The molecule has 4 nitrogen and oxygen atoms in total. The Hall–Kier alpha value is -0.660. The molecule has 1 aliphatic heterocycles. The number of aliphatic hydroxyl groups is 1. The highest BCUT2D eigenvalue weighted by Crippen LogP contribution is 2.27. The van der Waals surface area contributed by atoms with E-state index in [9.17, 15) is 5.11 Å². The summed E-state index contributed by atoms with van der Waals surface area (Å²) < 4.78 is 0.723. The molecule has 0 radical (unpaired) electrons. The van der Waals surface area contributed by atoms with Crippen LogP contribution < -0.4 is 10.2 Å². The van der Waals surface area contributed by atoms with Gasteiger partial charge in [0.25, 0.3) is 0 Å². The first-order valence-corrected chi connectivity index (χ1v) is 9.11. The number of hydrogen-bond acceptors (Lipinski definition) is 6. The lowest BCUT2D eigenvalue weighted by atomic mass is 10.1. The maximum atomic E-state index is 10.1. The monoisotopic (exact) mass is 343 g/mol. The van der Waals surface area contributed by atoms with E-state index in [-0.39, 0.29) is 0 Å². The number of rotatable bonds is 5. The number of anilines is 1. The lowest BCUT2D eigenvalue weighted by Crippen LogP contribution is -2.43. The topological polar surface area (TPSA) is 48.4 Å². The Morgan fingerprint density at radius 3 is 2.86 bits per heavy atom. The van der Waals surface area contributed by atoms with Crippen LogP contribution in [0.4, 0.5) is 5.13 Å². The van der Waals surface area contributed by atoms with Crippen molar-refractivity contribution in [3.8, 4) is 0 Å². The Balaban J connectivity index is 1.43. The van der Waals surface area contributed by atoms with Gasteiger partial charge < -0.3 is 15.3 Å². The summed E-state index contributed by atoms with van der Waals surface area (Å²) in [6.07, 6.45) is 3.54. The summed E-state index contributed by atoms with van der Waals surface area (Å²) in [5, 5.41) is 16.7. The molecule has 2 N–H and O–H groups in total. The minimum absolute atomic E-state index is 0.464. The minimum Gasteiger partial charge on any atom is -0.386 e. The molecule has 0 spiro atoms. The Bertz CT molecular complexity index is 552. The van der Waals surface area contributed by atoms with Crippen LogP contribution in [0.25, 0.3) is 0 Å². The molecule has 0 saturated carbocycles. The highest BCUT2D eigenvalue weighted by Gasteiger charge is 2.21. The largest absolute Gasteiger partial charge is 0.386 e. The van der Waals surface area contributed by atoms with Crippen molar-refractivity contribution in [2.45, 2.75) is 25.0 Å². The van der Waals surface area contributed by atoms with E-state index in [0.717, 1.165) is 40.3 Å². The molecule has 114 valence electrons. The molecule has 2 aromatic rings. The molecule has 0 aliphatic carbocycles. The van der Waals surface area contributed by atoms with Gasteiger partial charge in [0.2, 0.25) is 0 Å². The minimum atomic E-state index is -0.473. The van der Waals surface area contributed by atoms with Crippen molar-refractivity contribution < 1.29 is 5.11 Å². The summed E-state index contributed by atoms with van der Waals surface area (Å²) in [6, 6.07) is 4.19. The van der Waals surface area contributed by atoms with Crippen molar-refractivity contribution in [1.82, 2.24) is 10.3 Å². The standard InChI is InChI=1S/C14H18ClN3OS2/c15-13-2-1-12(21-13)11(19)9-17-10-3-6-18(7-4-10)14-16-5-8-20-14/h1-2,5,8,10-11,17,19H,3-4,6-7,9H2. The zero-order valence-electron chi connectivity index (χ0n) is 11.5. The lowest BCUT2D eigenvalue weighted by Gasteiger charge is -2.32. The summed E-state index contributed by atoms with van der Waals surface area (Å²) in [5.74, 6) is 0. The molecule has 0 bridgehead atoms. The molecule has 2 aromatic heterocycles. The normalized spacial score (nSPS) is 18.1. The van der Waals surface area contributed by atoms with Crippen molar-refractivity contribution in [2.75, 3.05) is 24.5 Å². The molecule has 3 rings (SSSR count). The molecule has 21 heavy (non-hydrogen) atoms. The molecule has 1 saturated heterocycles. The van der Waals surface area contributed by atoms with Crippen LogP contribution in [-0.4, -0.2) is 35.8 Å². The van der Waals surface area contributed by atoms with Gasteiger partial charge in [-0.05, 0) is 25.0 Å². The van der Waals surface area contributed by atoms with Crippen molar-refractivity contribution in [1.29, 1.82) is 0 Å². The zero-order valence-corrected chi connectivity index (χ0v) is 13.9. The first-order valence-electron chi connectivity index (χ1n) is 7.03. The van der Waals surface area contributed by atoms with Crippen molar-refractivity contribution >= 4 is 39.4 Å². The zero-order chi connectivity index (χ0) is 14.7. The number of nitrogens with zero attached hydrogens (tertiary/aromatic N) is 2. The third-order valence-corrected chi connectivity index (χ3v) is 5.87. The Morgan fingerprint density at radius 1 is 1.43 bits per heavy atom. The van der Waals surface area contributed by atoms with Crippen LogP contribution in [0.5, 0.6) is 0 Å². The fraction of sp³-hybridized carbons (Fsp3) is 0.500. The molecule has 0 aromatic carbocycles. The van der Waals surface area contributed by atoms with E-state index in [1.165, 1.54) is 11.3 Å². The van der Waals surface area contributed by atoms with Gasteiger partial charge in [-0.1, -0.05) is 11.6 Å². The second-order valence-corrected chi connectivity index (χ2v) is 7.76. The van der Waals surface area contributed by atoms with Crippen LogP contribution in [0, 0.1) is 0 Å². The third-order valence-electron chi connectivity index (χ3n) is 3.71. The molecule has 1 unspecified atom stereocenters. The van der Waals surface area contributed by atoms with Gasteiger partial charge in [-0.2, -0.15) is 0 Å². The van der Waals surface area contributed by atoms with Crippen LogP contribution in [0.1, 0.15) is 23.8 Å². The van der Waals surface area contributed by atoms with E-state index in [4.69, 9.17) is 11.6 Å². The van der Waals surface area contributed by atoms with Gasteiger partial charge in [-0.3, -0.25) is 0 Å². The van der Waals surface area contributed by atoms with Crippen LogP contribution in [0.3, 0.4) is 0 Å². The van der Waals surface area contributed by atoms with Gasteiger partial charge in [0.1, 0.15) is 6.10 Å². The van der Waals surface area contributed by atoms with E-state index >= 15 is 0 Å². The number of thiazole rings is 1. The lowest BCUT2D eigenvalue weighted by molar-refractivity contribution is 0.170. The van der Waals surface area contributed by atoms with Crippen LogP contribution in [0.2, 0.25) is 4.34 Å². The molecule has 1 aliphatic rings. The highest BCUT2D eigenvalue weighted by atomic mass is 35.5. The van der Waals surface area contributed by atoms with Gasteiger partial charge in [0.15, 0.2) is 5.13 Å². The molecule has 3 heterocycles. The Labute approximate surface area is 137 Å². The summed E-state index contributed by atoms with van der Waals surface area (Å²) in [5.41, 5.74) is 0. The summed E-state index contributed by atoms with van der Waals surface area (Å²) in [6.45, 7) is 2.62. The average Bonchev–Trinajstić information content (AvgIpc) is 3.16. The summed E-state index contributed by atoms with van der Waals surface area (Å²) in [7, 11) is 0. The number of hydrogen-bond donors (Lipinski definition) is 2. The number of nitrogens with one attached hydrogen (secondary N) is 1. The van der Waals surface area contributed by atoms with E-state index in [1.807, 2.05) is 23.7 Å². The Morgan fingerprint density at radius 2 is 2.24 bits per heavy atom. The second kappa shape index (κ2) is 7.07. The van der Waals surface area contributed by atoms with Crippen LogP contribution in [0.15, 0.2) is 23.7 Å². The molecule has 1 fully saturated rings. The second-order valence-electron chi connectivity index (χ2n) is 5.14. The number of halogens is 1. The van der Waals surface area contributed by atoms with E-state index in [2.05, 4.69) is 15.2 Å². The van der Waals surface area contributed by atoms with E-state index in [0.29, 0.717) is 12.6 Å². The molecular weight excluding hydrogens is 326 g/mol. The molecular formula is C14H18ClN3OS2. The van der Waals surface area contributed by atoms with Crippen LogP contribution in [-0.2, 0) is 0 Å². The summed E-state index contributed by atoms with van der Waals surface area (Å²) in [4.78, 5) is 7.61. The molecule has 0 amide bonds. The van der Waals surface area contributed by atoms with E-state index < -0.39 is 6.10 Å². The maximum absolute atomic E-state index is 10.1. The van der Waals surface area contributed by atoms with Crippen molar-refractivity contribution in [3.05, 3.63) is 32.9 Å². The smallest absolute Gasteiger partial charge is 0.185 e. The van der Waals surface area contributed by atoms with Gasteiger partial charge in [-0.25, -0.2) is 4.98 Å². The SMILES string of the molecule is OC(CNC1CCN(c2nccs2)CC1)c1ccc(Cl)s1. The van der Waals surface area contributed by atoms with Crippen molar-refractivity contribution in [3.63, 3.8) is 0 Å². The quantitative estimate of drug-likeness (QED) is 0.875. The molecule has 7 heteroatoms. The maximum Gasteiger partial charge on any atom is 0.185 e. The predicted octanol–water partition coefficient (Wildman–Crippen LogP) is 3.15. The van der Waals surface area contributed by atoms with E-state index in [1.54, 1.807) is 11.3 Å². The number of thiophene rings is 1. The Kier molecular flexibility index (Phi) is 5.13. The first kappa shape index (κ1) is 15.2. The predicted molar refractivity (Wildman–Crippen MR) is 89.6 cm³/mol. The van der Waals surface area contributed by atoms with Gasteiger partial charge in [0, 0.05) is 42.1 Å². The number of piperidine rings is 1. The van der Waals surface area contributed by atoms with Gasteiger partial charge >= 0.3 is 0 Å². The van der Waals surface area contributed by atoms with Gasteiger partial charge in [-0.15, -0.1) is 22.7 Å². The first-order chi connectivity index (χ1) is 10.2. The van der Waals surface area contributed by atoms with Crippen LogP contribution >= 0.6 is 34.3 Å². The average molecular weight is 344 g/mol. The molecule has 1 atom stereocenters. The number of aromatic nitrogens is 1. The van der Waals surface area contributed by atoms with Gasteiger partial charge in [0.05, 0.1) is 4.34 Å². The van der Waals surface area contributed by atoms with Crippen molar-refractivity contribution in [2.24, 2.45) is 0 Å². The fourth-order valence-electron chi connectivity index (χ4n) is 2.53. The summed E-state index contributed by atoms with van der Waals surface area (Å²) >= 11 is 9.03. The number of aliphatic hydroxyl groups excluding tert-OH is 1. The third kappa shape index (κ3) is 3.96. The highest BCUT2D eigenvalue weighted by molar-refractivity contribution is 7.16. The fourth-order valence-corrected chi connectivity index (χ4v) is 4.28.